The molecule has 0 aliphatic carbocycles. The zero-order valence-electron chi connectivity index (χ0n) is 11.0. The van der Waals surface area contributed by atoms with E-state index < -0.39 is 0 Å². The van der Waals surface area contributed by atoms with Gasteiger partial charge in [0.05, 0.1) is 5.69 Å². The predicted molar refractivity (Wildman–Crippen MR) is 86.2 cm³/mol. The summed E-state index contributed by atoms with van der Waals surface area (Å²) in [5, 5.41) is 3.46. The van der Waals surface area contributed by atoms with E-state index in [-0.39, 0.29) is 5.91 Å². The van der Waals surface area contributed by atoms with Gasteiger partial charge in [0.15, 0.2) is 0 Å². The number of rotatable bonds is 4. The molecule has 1 aromatic carbocycles. The first kappa shape index (κ1) is 14.9. The summed E-state index contributed by atoms with van der Waals surface area (Å²) in [5.41, 5.74) is 7.64. The minimum Gasteiger partial charge on any atom is -0.397 e. The molecular weight excluding hydrogens is 342 g/mol. The SMILES string of the molecule is CCCn1c(C(=O)Nc2ccc(Cl)cc2)cc(N)c1Br. The highest BCUT2D eigenvalue weighted by molar-refractivity contribution is 9.10. The highest BCUT2D eigenvalue weighted by Gasteiger charge is 2.17. The standard InChI is InChI=1S/C14H15BrClN3O/c1-2-7-19-12(8-11(17)13(19)15)14(20)18-10-5-3-9(16)4-6-10/h3-6,8H,2,7,17H2,1H3,(H,18,20). The van der Waals surface area contributed by atoms with Crippen LogP contribution in [0.25, 0.3) is 0 Å². The second-order valence-corrected chi connectivity index (χ2v) is 5.58. The second kappa shape index (κ2) is 6.33. The highest BCUT2D eigenvalue weighted by Crippen LogP contribution is 2.25. The lowest BCUT2D eigenvalue weighted by Crippen LogP contribution is -2.17. The first-order valence-electron chi connectivity index (χ1n) is 6.24. The lowest BCUT2D eigenvalue weighted by atomic mass is 10.3. The minimum absolute atomic E-state index is 0.196. The molecule has 106 valence electrons. The van der Waals surface area contributed by atoms with Crippen molar-refractivity contribution in [2.45, 2.75) is 19.9 Å². The van der Waals surface area contributed by atoms with Gasteiger partial charge in [-0.15, -0.1) is 0 Å². The Labute approximate surface area is 131 Å². The fraction of sp³-hybridized carbons (Fsp3) is 0.214. The van der Waals surface area contributed by atoms with Crippen LogP contribution in [0.1, 0.15) is 23.8 Å². The maximum absolute atomic E-state index is 12.3. The molecule has 1 amide bonds. The Hall–Kier alpha value is -1.46. The van der Waals surface area contributed by atoms with Crippen LogP contribution in [0.2, 0.25) is 5.02 Å². The third-order valence-corrected chi connectivity index (χ3v) is 3.98. The highest BCUT2D eigenvalue weighted by atomic mass is 79.9. The van der Waals surface area contributed by atoms with Crippen LogP contribution >= 0.6 is 27.5 Å². The number of nitrogen functional groups attached to an aromatic ring is 1. The molecule has 0 saturated heterocycles. The number of hydrogen-bond donors (Lipinski definition) is 2. The van der Waals surface area contributed by atoms with Crippen molar-refractivity contribution in [1.82, 2.24) is 4.57 Å². The summed E-state index contributed by atoms with van der Waals surface area (Å²) in [6, 6.07) is 8.64. The van der Waals surface area contributed by atoms with Gasteiger partial charge in [-0.2, -0.15) is 0 Å². The molecule has 2 rings (SSSR count). The molecule has 0 bridgehead atoms. The molecule has 1 aromatic heterocycles. The number of halogens is 2. The lowest BCUT2D eigenvalue weighted by molar-refractivity contribution is 0.101. The zero-order chi connectivity index (χ0) is 14.7. The summed E-state index contributed by atoms with van der Waals surface area (Å²) in [7, 11) is 0. The van der Waals surface area contributed by atoms with Crippen LogP contribution in [0.3, 0.4) is 0 Å². The zero-order valence-corrected chi connectivity index (χ0v) is 13.3. The number of nitrogens with zero attached hydrogens (tertiary/aromatic N) is 1. The lowest BCUT2D eigenvalue weighted by Gasteiger charge is -2.10. The van der Waals surface area contributed by atoms with Crippen LogP contribution in [0.5, 0.6) is 0 Å². The van der Waals surface area contributed by atoms with Gasteiger partial charge in [-0.3, -0.25) is 4.79 Å². The van der Waals surface area contributed by atoms with Crippen molar-refractivity contribution in [2.24, 2.45) is 0 Å². The predicted octanol–water partition coefficient (Wildman–Crippen LogP) is 4.15. The summed E-state index contributed by atoms with van der Waals surface area (Å²) in [6.45, 7) is 2.77. The number of amides is 1. The number of carbonyl (C=O) groups is 1. The monoisotopic (exact) mass is 355 g/mol. The van der Waals surface area contributed by atoms with Crippen LogP contribution < -0.4 is 11.1 Å². The summed E-state index contributed by atoms with van der Waals surface area (Å²) < 4.78 is 2.60. The van der Waals surface area contributed by atoms with Gasteiger partial charge in [0, 0.05) is 17.3 Å². The van der Waals surface area contributed by atoms with Gasteiger partial charge >= 0.3 is 0 Å². The second-order valence-electron chi connectivity index (χ2n) is 4.39. The summed E-state index contributed by atoms with van der Waals surface area (Å²) in [6.07, 6.45) is 0.911. The van der Waals surface area contributed by atoms with Crippen molar-refractivity contribution in [3.63, 3.8) is 0 Å². The third kappa shape index (κ3) is 3.16. The Morgan fingerprint density at radius 1 is 1.40 bits per heavy atom. The van der Waals surface area contributed by atoms with E-state index in [9.17, 15) is 4.79 Å². The molecule has 0 fully saturated rings. The van der Waals surface area contributed by atoms with E-state index in [2.05, 4.69) is 21.2 Å². The van der Waals surface area contributed by atoms with Crippen LogP contribution in [-0.2, 0) is 6.54 Å². The minimum atomic E-state index is -0.196. The smallest absolute Gasteiger partial charge is 0.272 e. The average Bonchev–Trinajstić information content (AvgIpc) is 2.70. The van der Waals surface area contributed by atoms with Gasteiger partial charge in [0.1, 0.15) is 10.3 Å². The molecule has 0 aliphatic heterocycles. The van der Waals surface area contributed by atoms with E-state index in [4.69, 9.17) is 17.3 Å². The topological polar surface area (TPSA) is 60.0 Å². The molecule has 6 heteroatoms. The largest absolute Gasteiger partial charge is 0.397 e. The summed E-state index contributed by atoms with van der Waals surface area (Å²) in [4.78, 5) is 12.3. The number of anilines is 2. The molecule has 4 nitrogen and oxygen atoms in total. The van der Waals surface area contributed by atoms with E-state index >= 15 is 0 Å². The van der Waals surface area contributed by atoms with Crippen LogP contribution in [0.4, 0.5) is 11.4 Å². The molecule has 0 atom stereocenters. The Kier molecular flexibility index (Phi) is 4.73. The molecule has 0 radical (unpaired) electrons. The molecule has 0 aliphatic rings. The first-order valence-corrected chi connectivity index (χ1v) is 7.41. The maximum atomic E-state index is 12.3. The van der Waals surface area contributed by atoms with Crippen LogP contribution in [0.15, 0.2) is 34.9 Å². The van der Waals surface area contributed by atoms with Crippen molar-refractivity contribution in [2.75, 3.05) is 11.1 Å². The van der Waals surface area contributed by atoms with Crippen LogP contribution in [0, 0.1) is 0 Å². The van der Waals surface area contributed by atoms with Crippen molar-refractivity contribution in [1.29, 1.82) is 0 Å². The fourth-order valence-corrected chi connectivity index (χ4v) is 2.51. The van der Waals surface area contributed by atoms with Gasteiger partial charge < -0.3 is 15.6 Å². The fourth-order valence-electron chi connectivity index (χ4n) is 1.91. The molecule has 0 saturated carbocycles. The third-order valence-electron chi connectivity index (χ3n) is 2.84. The number of hydrogen-bond acceptors (Lipinski definition) is 2. The molecule has 3 N–H and O–H groups in total. The van der Waals surface area contributed by atoms with Gasteiger partial charge in [0.25, 0.3) is 5.91 Å². The van der Waals surface area contributed by atoms with Crippen LogP contribution in [-0.4, -0.2) is 10.5 Å². The Balaban J connectivity index is 2.25. The quantitative estimate of drug-likeness (QED) is 0.864. The molecule has 0 unspecified atom stereocenters. The number of aromatic nitrogens is 1. The van der Waals surface area contributed by atoms with Crippen molar-refractivity contribution in [3.8, 4) is 0 Å². The molecule has 1 heterocycles. The Morgan fingerprint density at radius 3 is 2.65 bits per heavy atom. The molecule has 0 spiro atoms. The van der Waals surface area contributed by atoms with Gasteiger partial charge in [-0.05, 0) is 52.7 Å². The van der Waals surface area contributed by atoms with Gasteiger partial charge in [-0.1, -0.05) is 18.5 Å². The normalized spacial score (nSPS) is 10.6. The Bertz CT molecular complexity index is 622. The summed E-state index contributed by atoms with van der Waals surface area (Å²) >= 11 is 9.22. The number of nitrogens with one attached hydrogen (secondary N) is 1. The van der Waals surface area contributed by atoms with Gasteiger partial charge in [0.2, 0.25) is 0 Å². The van der Waals surface area contributed by atoms with Gasteiger partial charge in [-0.25, -0.2) is 0 Å². The van der Waals surface area contributed by atoms with E-state index in [1.807, 2.05) is 11.5 Å². The Morgan fingerprint density at radius 2 is 2.05 bits per heavy atom. The van der Waals surface area contributed by atoms with Crippen molar-refractivity contribution < 1.29 is 4.79 Å². The van der Waals surface area contributed by atoms with Crippen molar-refractivity contribution in [3.05, 3.63) is 45.7 Å². The molecular formula is C14H15BrClN3O. The van der Waals surface area contributed by atoms with E-state index in [0.717, 1.165) is 17.6 Å². The number of nitrogens with two attached hydrogens (primary N) is 1. The first-order chi connectivity index (χ1) is 9.52. The van der Waals surface area contributed by atoms with E-state index in [1.165, 1.54) is 0 Å². The number of carbonyl (C=O) groups excluding carboxylic acids is 1. The maximum Gasteiger partial charge on any atom is 0.272 e. The van der Waals surface area contributed by atoms with E-state index in [0.29, 0.717) is 22.1 Å². The van der Waals surface area contributed by atoms with E-state index in [1.54, 1.807) is 30.3 Å². The number of benzene rings is 1. The summed E-state index contributed by atoms with van der Waals surface area (Å²) in [5.74, 6) is -0.196. The van der Waals surface area contributed by atoms with Crippen molar-refractivity contribution >= 4 is 44.8 Å². The molecule has 2 aromatic rings. The average molecular weight is 357 g/mol. The molecule has 20 heavy (non-hydrogen) atoms.